The van der Waals surface area contributed by atoms with Crippen LogP contribution in [-0.4, -0.2) is 23.2 Å². The maximum absolute atomic E-state index is 12.8. The number of aliphatic carboxylic acids is 1. The van der Waals surface area contributed by atoms with Gasteiger partial charge >= 0.3 is 12.1 Å². The Labute approximate surface area is 128 Å². The van der Waals surface area contributed by atoms with Gasteiger partial charge in [0.05, 0.1) is 5.56 Å². The van der Waals surface area contributed by atoms with Crippen LogP contribution >= 0.6 is 0 Å². The van der Waals surface area contributed by atoms with Gasteiger partial charge in [0.2, 0.25) is 0 Å². The van der Waals surface area contributed by atoms with E-state index in [-0.39, 0.29) is 17.1 Å². The molecule has 1 N–H and O–H groups in total. The standard InChI is InChI=1S/C15H10F2O6/c16-15(17,14(20)21)23-12-5-1-9(2-6-12)13(19)22-11-7-3-10(18)4-8-11/h1-8,18H,(H,20,21)/p-1. The lowest BCUT2D eigenvalue weighted by atomic mass is 10.2. The molecule has 0 aliphatic carbocycles. The van der Waals surface area contributed by atoms with Gasteiger partial charge in [-0.05, 0) is 48.5 Å². The van der Waals surface area contributed by atoms with Gasteiger partial charge in [-0.25, -0.2) is 4.79 Å². The van der Waals surface area contributed by atoms with Crippen molar-refractivity contribution in [2.24, 2.45) is 0 Å². The van der Waals surface area contributed by atoms with Crippen LogP contribution in [0.1, 0.15) is 10.4 Å². The first-order valence-electron chi connectivity index (χ1n) is 6.17. The van der Waals surface area contributed by atoms with Crippen LogP contribution in [0, 0.1) is 0 Å². The van der Waals surface area contributed by atoms with E-state index >= 15 is 0 Å². The second-order valence-corrected chi connectivity index (χ2v) is 4.31. The molecule has 0 fully saturated rings. The Morgan fingerprint density at radius 2 is 1.48 bits per heavy atom. The predicted octanol–water partition coefficient (Wildman–Crippen LogP) is 1.33. The van der Waals surface area contributed by atoms with E-state index in [2.05, 4.69) is 4.74 Å². The average Bonchev–Trinajstić information content (AvgIpc) is 2.49. The van der Waals surface area contributed by atoms with Crippen molar-refractivity contribution in [2.75, 3.05) is 0 Å². The van der Waals surface area contributed by atoms with E-state index < -0.39 is 23.8 Å². The SMILES string of the molecule is O=C(Oc1ccc(O)cc1)c1ccc(OC(F)(F)C(=O)[O-])cc1. The first-order chi connectivity index (χ1) is 10.8. The fraction of sp³-hybridized carbons (Fsp3) is 0.0667. The molecule has 0 spiro atoms. The van der Waals surface area contributed by atoms with Crippen molar-refractivity contribution in [2.45, 2.75) is 6.11 Å². The summed E-state index contributed by atoms with van der Waals surface area (Å²) in [7, 11) is 0. The molecule has 0 saturated heterocycles. The molecule has 2 aromatic rings. The van der Waals surface area contributed by atoms with Crippen LogP contribution in [0.25, 0.3) is 0 Å². The second-order valence-electron chi connectivity index (χ2n) is 4.31. The van der Waals surface area contributed by atoms with Crippen molar-refractivity contribution < 1.29 is 38.1 Å². The highest BCUT2D eigenvalue weighted by molar-refractivity contribution is 5.91. The Hall–Kier alpha value is -3.16. The number of halogens is 2. The normalized spacial score (nSPS) is 10.9. The number of rotatable bonds is 5. The quantitative estimate of drug-likeness (QED) is 0.659. The molecule has 2 rings (SSSR count). The summed E-state index contributed by atoms with van der Waals surface area (Å²) >= 11 is 0. The maximum atomic E-state index is 12.8. The minimum absolute atomic E-state index is 0.000138. The van der Waals surface area contributed by atoms with Crippen LogP contribution in [-0.2, 0) is 4.79 Å². The highest BCUT2D eigenvalue weighted by atomic mass is 19.3. The number of phenolic OH excluding ortho intramolecular Hbond substituents is 1. The van der Waals surface area contributed by atoms with Gasteiger partial charge < -0.3 is 24.5 Å². The molecule has 0 atom stereocenters. The lowest BCUT2D eigenvalue weighted by Gasteiger charge is -2.18. The predicted molar refractivity (Wildman–Crippen MR) is 70.1 cm³/mol. The minimum atomic E-state index is -4.48. The summed E-state index contributed by atoms with van der Waals surface area (Å²) in [5.41, 5.74) is 0.0298. The average molecular weight is 323 g/mol. The van der Waals surface area contributed by atoms with Gasteiger partial charge in [-0.2, -0.15) is 8.78 Å². The number of alkyl halides is 2. The van der Waals surface area contributed by atoms with Gasteiger partial charge in [0.15, 0.2) is 5.97 Å². The molecular weight excluding hydrogens is 314 g/mol. The molecule has 0 amide bonds. The van der Waals surface area contributed by atoms with Crippen LogP contribution in [0.2, 0.25) is 0 Å². The van der Waals surface area contributed by atoms with Crippen LogP contribution in [0.15, 0.2) is 48.5 Å². The van der Waals surface area contributed by atoms with Crippen molar-refractivity contribution in [3.63, 3.8) is 0 Å². The number of carbonyl (C=O) groups excluding carboxylic acids is 2. The molecule has 0 unspecified atom stereocenters. The number of ether oxygens (including phenoxy) is 2. The number of hydrogen-bond donors (Lipinski definition) is 1. The number of carboxylic acid groups (broad SMARTS) is 1. The molecule has 2 aromatic carbocycles. The third-order valence-corrected chi connectivity index (χ3v) is 2.62. The second kappa shape index (κ2) is 6.30. The van der Waals surface area contributed by atoms with Gasteiger partial charge in [0.25, 0.3) is 0 Å². The van der Waals surface area contributed by atoms with E-state index in [4.69, 9.17) is 9.84 Å². The number of benzene rings is 2. The third-order valence-electron chi connectivity index (χ3n) is 2.62. The van der Waals surface area contributed by atoms with Crippen LogP contribution in [0.5, 0.6) is 17.2 Å². The molecule has 0 aromatic heterocycles. The highest BCUT2D eigenvalue weighted by Gasteiger charge is 2.33. The summed E-state index contributed by atoms with van der Waals surface area (Å²) in [6.07, 6.45) is -4.48. The summed E-state index contributed by atoms with van der Waals surface area (Å²) in [5.74, 6) is -3.72. The van der Waals surface area contributed by atoms with Crippen LogP contribution < -0.4 is 14.6 Å². The van der Waals surface area contributed by atoms with Crippen molar-refractivity contribution >= 4 is 11.9 Å². The number of carboxylic acids is 1. The van der Waals surface area contributed by atoms with Crippen molar-refractivity contribution in [1.82, 2.24) is 0 Å². The summed E-state index contributed by atoms with van der Waals surface area (Å²) in [6.45, 7) is 0. The molecule has 0 heterocycles. The summed E-state index contributed by atoms with van der Waals surface area (Å²) < 4.78 is 34.6. The number of hydrogen-bond acceptors (Lipinski definition) is 6. The first-order valence-corrected chi connectivity index (χ1v) is 6.17. The van der Waals surface area contributed by atoms with Gasteiger partial charge in [-0.1, -0.05) is 0 Å². The van der Waals surface area contributed by atoms with E-state index in [9.17, 15) is 23.5 Å². The summed E-state index contributed by atoms with van der Waals surface area (Å²) in [6, 6.07) is 9.61. The third kappa shape index (κ3) is 4.16. The Kier molecular flexibility index (Phi) is 4.44. The van der Waals surface area contributed by atoms with Gasteiger partial charge in [-0.3, -0.25) is 0 Å². The van der Waals surface area contributed by atoms with E-state index in [1.54, 1.807) is 0 Å². The number of esters is 1. The van der Waals surface area contributed by atoms with E-state index in [0.29, 0.717) is 0 Å². The van der Waals surface area contributed by atoms with Crippen molar-refractivity contribution in [3.8, 4) is 17.2 Å². The van der Waals surface area contributed by atoms with Crippen molar-refractivity contribution in [1.29, 1.82) is 0 Å². The van der Waals surface area contributed by atoms with E-state index in [1.807, 2.05) is 0 Å². The molecule has 0 aliphatic heterocycles. The molecule has 0 radical (unpaired) electrons. The topological polar surface area (TPSA) is 95.9 Å². The van der Waals surface area contributed by atoms with Crippen LogP contribution in [0.4, 0.5) is 8.78 Å². The first kappa shape index (κ1) is 16.2. The lowest BCUT2D eigenvalue weighted by Crippen LogP contribution is -2.45. The Bertz CT molecular complexity index is 710. The molecule has 0 bridgehead atoms. The zero-order chi connectivity index (χ0) is 17.0. The smallest absolute Gasteiger partial charge is 0.441 e. The molecule has 6 nitrogen and oxygen atoms in total. The highest BCUT2D eigenvalue weighted by Crippen LogP contribution is 2.22. The van der Waals surface area contributed by atoms with Crippen molar-refractivity contribution in [3.05, 3.63) is 54.1 Å². The van der Waals surface area contributed by atoms with E-state index in [1.165, 1.54) is 24.3 Å². The monoisotopic (exact) mass is 323 g/mol. The molecule has 0 aliphatic rings. The molecule has 8 heteroatoms. The fourth-order valence-corrected chi connectivity index (χ4v) is 1.53. The number of carbonyl (C=O) groups is 2. The Morgan fingerprint density at radius 1 is 0.957 bits per heavy atom. The zero-order valence-electron chi connectivity index (χ0n) is 11.4. The Balaban J connectivity index is 2.05. The number of aromatic hydroxyl groups is 1. The van der Waals surface area contributed by atoms with Gasteiger partial charge in [0.1, 0.15) is 17.2 Å². The Morgan fingerprint density at radius 3 is 2.00 bits per heavy atom. The molecule has 0 saturated carbocycles. The van der Waals surface area contributed by atoms with Gasteiger partial charge in [0, 0.05) is 0 Å². The molecular formula is C15H9F2O6-. The minimum Gasteiger partial charge on any atom is -0.541 e. The molecule has 120 valence electrons. The van der Waals surface area contributed by atoms with E-state index in [0.717, 1.165) is 24.3 Å². The summed E-state index contributed by atoms with van der Waals surface area (Å²) in [5, 5.41) is 19.3. The zero-order valence-corrected chi connectivity index (χ0v) is 11.4. The van der Waals surface area contributed by atoms with Gasteiger partial charge in [-0.15, -0.1) is 0 Å². The fourth-order valence-electron chi connectivity index (χ4n) is 1.53. The van der Waals surface area contributed by atoms with Crippen LogP contribution in [0.3, 0.4) is 0 Å². The number of phenols is 1. The lowest BCUT2D eigenvalue weighted by molar-refractivity contribution is -0.350. The summed E-state index contributed by atoms with van der Waals surface area (Å²) in [4.78, 5) is 22.0. The largest absolute Gasteiger partial charge is 0.541 e. The molecule has 23 heavy (non-hydrogen) atoms. The maximum Gasteiger partial charge on any atom is 0.441 e.